The van der Waals surface area contributed by atoms with E-state index in [4.69, 9.17) is 9.47 Å². The molecule has 0 fully saturated rings. The van der Waals surface area contributed by atoms with Crippen LogP contribution < -0.4 is 14.8 Å². The molecule has 144 valence electrons. The van der Waals surface area contributed by atoms with Gasteiger partial charge in [0.05, 0.1) is 20.6 Å². The van der Waals surface area contributed by atoms with E-state index >= 15 is 0 Å². The second kappa shape index (κ2) is 8.61. The van der Waals surface area contributed by atoms with E-state index in [1.807, 2.05) is 54.6 Å². The van der Waals surface area contributed by atoms with Crippen molar-refractivity contribution in [3.8, 4) is 22.6 Å². The molecular weight excluding hydrogens is 350 g/mol. The van der Waals surface area contributed by atoms with Crippen LogP contribution >= 0.6 is 0 Å². The summed E-state index contributed by atoms with van der Waals surface area (Å²) in [6.45, 7) is 4.12. The monoisotopic (exact) mass is 375 g/mol. The van der Waals surface area contributed by atoms with Crippen molar-refractivity contribution in [2.45, 2.75) is 20.3 Å². The van der Waals surface area contributed by atoms with Gasteiger partial charge in [0.1, 0.15) is 11.5 Å². The minimum absolute atomic E-state index is 0.0471. The molecule has 0 spiro atoms. The first-order valence-corrected chi connectivity index (χ1v) is 9.18. The first-order valence-electron chi connectivity index (χ1n) is 9.18. The van der Waals surface area contributed by atoms with Gasteiger partial charge in [-0.25, -0.2) is 0 Å². The molecule has 4 heteroatoms. The van der Waals surface area contributed by atoms with Gasteiger partial charge in [0.25, 0.3) is 0 Å². The lowest BCUT2D eigenvalue weighted by Gasteiger charge is -2.13. The van der Waals surface area contributed by atoms with Crippen LogP contribution in [0.25, 0.3) is 11.1 Å². The van der Waals surface area contributed by atoms with Gasteiger partial charge in [0.15, 0.2) is 0 Å². The molecule has 0 heterocycles. The van der Waals surface area contributed by atoms with Crippen LogP contribution in [0, 0.1) is 13.8 Å². The Kier molecular flexibility index (Phi) is 5.99. The normalized spacial score (nSPS) is 10.4. The van der Waals surface area contributed by atoms with Crippen LogP contribution in [0.5, 0.6) is 11.5 Å². The van der Waals surface area contributed by atoms with E-state index in [9.17, 15) is 4.79 Å². The van der Waals surface area contributed by atoms with Crippen LogP contribution in [0.4, 0.5) is 5.69 Å². The van der Waals surface area contributed by atoms with Gasteiger partial charge in [0.2, 0.25) is 5.91 Å². The van der Waals surface area contributed by atoms with Crippen molar-refractivity contribution in [3.63, 3.8) is 0 Å². The smallest absolute Gasteiger partial charge is 0.228 e. The van der Waals surface area contributed by atoms with E-state index in [2.05, 4.69) is 25.2 Å². The number of carbonyl (C=O) groups excluding carboxylic acids is 1. The summed E-state index contributed by atoms with van der Waals surface area (Å²) in [7, 11) is 3.28. The zero-order chi connectivity index (χ0) is 20.1. The lowest BCUT2D eigenvalue weighted by atomic mass is 10.0. The average molecular weight is 375 g/mol. The van der Waals surface area contributed by atoms with E-state index in [1.165, 1.54) is 11.1 Å². The fraction of sp³-hybridized carbons (Fsp3) is 0.208. The van der Waals surface area contributed by atoms with Crippen LogP contribution in [0.2, 0.25) is 0 Å². The summed E-state index contributed by atoms with van der Waals surface area (Å²) in [6, 6.07) is 19.5. The topological polar surface area (TPSA) is 47.6 Å². The molecule has 0 aliphatic carbocycles. The Balaban J connectivity index is 1.80. The molecule has 0 atom stereocenters. The number of nitrogens with one attached hydrogen (secondary N) is 1. The van der Waals surface area contributed by atoms with Crippen LogP contribution in [0.15, 0.2) is 60.7 Å². The minimum atomic E-state index is -0.0471. The molecule has 3 aromatic rings. The molecule has 0 radical (unpaired) electrons. The highest BCUT2D eigenvalue weighted by molar-refractivity contribution is 5.93. The quantitative estimate of drug-likeness (QED) is 0.647. The second-order valence-electron chi connectivity index (χ2n) is 6.79. The van der Waals surface area contributed by atoms with Crippen LogP contribution in [-0.2, 0) is 11.2 Å². The first-order chi connectivity index (χ1) is 13.5. The molecule has 0 aromatic heterocycles. The highest BCUT2D eigenvalue weighted by atomic mass is 16.5. The fourth-order valence-corrected chi connectivity index (χ4v) is 3.09. The number of aryl methyl sites for hydroxylation is 2. The Morgan fingerprint density at radius 1 is 0.857 bits per heavy atom. The maximum atomic E-state index is 12.5. The fourth-order valence-electron chi connectivity index (χ4n) is 3.09. The largest absolute Gasteiger partial charge is 0.497 e. The van der Waals surface area contributed by atoms with Crippen LogP contribution in [0.1, 0.15) is 16.7 Å². The zero-order valence-electron chi connectivity index (χ0n) is 16.7. The third kappa shape index (κ3) is 4.52. The van der Waals surface area contributed by atoms with Gasteiger partial charge < -0.3 is 14.8 Å². The third-order valence-electron chi connectivity index (χ3n) is 4.82. The molecule has 1 amide bonds. The van der Waals surface area contributed by atoms with Crippen molar-refractivity contribution in [2.75, 3.05) is 19.5 Å². The average Bonchev–Trinajstić information content (AvgIpc) is 2.70. The standard InChI is InChI=1S/C24H25NO3/c1-16-5-6-18(13-17(16)2)14-24(26)25-20-9-12-23(28-4)22(15-20)19-7-10-21(27-3)11-8-19/h5-13,15H,14H2,1-4H3,(H,25,26). The van der Waals surface area contributed by atoms with E-state index in [0.717, 1.165) is 33.9 Å². The number of ether oxygens (including phenoxy) is 2. The third-order valence-corrected chi connectivity index (χ3v) is 4.82. The molecular formula is C24H25NO3. The molecule has 0 saturated carbocycles. The van der Waals surface area contributed by atoms with Gasteiger partial charge in [0, 0.05) is 11.3 Å². The number of hydrogen-bond donors (Lipinski definition) is 1. The predicted octanol–water partition coefficient (Wildman–Crippen LogP) is 5.17. The van der Waals surface area contributed by atoms with E-state index in [1.54, 1.807) is 14.2 Å². The molecule has 4 nitrogen and oxygen atoms in total. The van der Waals surface area contributed by atoms with Crippen molar-refractivity contribution < 1.29 is 14.3 Å². The summed E-state index contributed by atoms with van der Waals surface area (Å²) < 4.78 is 10.7. The Morgan fingerprint density at radius 3 is 2.25 bits per heavy atom. The molecule has 3 rings (SSSR count). The number of anilines is 1. The summed E-state index contributed by atoms with van der Waals surface area (Å²) in [5, 5.41) is 2.99. The maximum Gasteiger partial charge on any atom is 0.228 e. The molecule has 0 aliphatic heterocycles. The lowest BCUT2D eigenvalue weighted by Crippen LogP contribution is -2.14. The molecule has 0 unspecified atom stereocenters. The molecule has 28 heavy (non-hydrogen) atoms. The summed E-state index contributed by atoms with van der Waals surface area (Å²) in [6.07, 6.45) is 0.338. The van der Waals surface area contributed by atoms with Gasteiger partial charge >= 0.3 is 0 Å². The van der Waals surface area contributed by atoms with Gasteiger partial charge in [-0.2, -0.15) is 0 Å². The number of hydrogen-bond acceptors (Lipinski definition) is 3. The lowest BCUT2D eigenvalue weighted by molar-refractivity contribution is -0.115. The van der Waals surface area contributed by atoms with Crippen molar-refractivity contribution in [1.29, 1.82) is 0 Å². The summed E-state index contributed by atoms with van der Waals surface area (Å²) in [5.74, 6) is 1.49. The van der Waals surface area contributed by atoms with Gasteiger partial charge in [-0.15, -0.1) is 0 Å². The maximum absolute atomic E-state index is 12.5. The molecule has 3 aromatic carbocycles. The minimum Gasteiger partial charge on any atom is -0.497 e. The van der Waals surface area contributed by atoms with E-state index < -0.39 is 0 Å². The second-order valence-corrected chi connectivity index (χ2v) is 6.79. The van der Waals surface area contributed by atoms with Gasteiger partial charge in [-0.1, -0.05) is 30.3 Å². The summed E-state index contributed by atoms with van der Waals surface area (Å²) >= 11 is 0. The zero-order valence-corrected chi connectivity index (χ0v) is 16.7. The Bertz CT molecular complexity index is 978. The highest BCUT2D eigenvalue weighted by Gasteiger charge is 2.10. The Hall–Kier alpha value is -3.27. The van der Waals surface area contributed by atoms with Crippen molar-refractivity contribution in [2.24, 2.45) is 0 Å². The number of carbonyl (C=O) groups is 1. The first kappa shape index (κ1) is 19.5. The molecule has 1 N–H and O–H groups in total. The highest BCUT2D eigenvalue weighted by Crippen LogP contribution is 2.33. The van der Waals surface area contributed by atoms with Crippen LogP contribution in [-0.4, -0.2) is 20.1 Å². The molecule has 0 aliphatic rings. The van der Waals surface area contributed by atoms with Crippen LogP contribution in [0.3, 0.4) is 0 Å². The Morgan fingerprint density at radius 2 is 1.61 bits per heavy atom. The molecule has 0 saturated heterocycles. The number of rotatable bonds is 6. The van der Waals surface area contributed by atoms with Crippen molar-refractivity contribution in [3.05, 3.63) is 77.4 Å². The molecule has 0 bridgehead atoms. The van der Waals surface area contributed by atoms with E-state index in [0.29, 0.717) is 6.42 Å². The summed E-state index contributed by atoms with van der Waals surface area (Å²) in [4.78, 5) is 12.5. The predicted molar refractivity (Wildman–Crippen MR) is 113 cm³/mol. The number of benzene rings is 3. The van der Waals surface area contributed by atoms with Gasteiger partial charge in [-0.3, -0.25) is 4.79 Å². The van der Waals surface area contributed by atoms with Crippen molar-refractivity contribution in [1.82, 2.24) is 0 Å². The number of methoxy groups -OCH3 is 2. The summed E-state index contributed by atoms with van der Waals surface area (Å²) in [5.41, 5.74) is 6.06. The number of amides is 1. The van der Waals surface area contributed by atoms with Gasteiger partial charge in [-0.05, 0) is 66.4 Å². The Labute approximate surface area is 166 Å². The van der Waals surface area contributed by atoms with Crippen molar-refractivity contribution >= 4 is 11.6 Å². The SMILES string of the molecule is COc1ccc(-c2cc(NC(=O)Cc3ccc(C)c(C)c3)ccc2OC)cc1. The van der Waals surface area contributed by atoms with E-state index in [-0.39, 0.29) is 5.91 Å².